The second-order valence-corrected chi connectivity index (χ2v) is 7.40. The largest absolute Gasteiger partial charge is 0.487 e. The van der Waals surface area contributed by atoms with E-state index in [1.165, 1.54) is 0 Å². The molecule has 156 valence electrons. The molecule has 3 aromatic rings. The number of rotatable bonds is 7. The number of amides is 1. The van der Waals surface area contributed by atoms with Gasteiger partial charge in [0.25, 0.3) is 0 Å². The molecule has 0 radical (unpaired) electrons. The van der Waals surface area contributed by atoms with E-state index in [0.29, 0.717) is 25.4 Å². The first-order chi connectivity index (χ1) is 14.5. The Labute approximate surface area is 175 Å². The Balaban J connectivity index is 1.34. The normalized spacial score (nSPS) is 14.8. The van der Waals surface area contributed by atoms with Gasteiger partial charge in [0.05, 0.1) is 25.0 Å². The predicted octanol–water partition coefficient (Wildman–Crippen LogP) is 2.48. The molecule has 1 N–H and O–H groups in total. The first kappa shape index (κ1) is 19.9. The van der Waals surface area contributed by atoms with Gasteiger partial charge < -0.3 is 14.8 Å². The summed E-state index contributed by atoms with van der Waals surface area (Å²) >= 11 is 0. The van der Waals surface area contributed by atoms with Crippen molar-refractivity contribution in [1.82, 2.24) is 25.3 Å². The molecule has 0 bridgehead atoms. The molecule has 0 unspecified atom stereocenters. The lowest BCUT2D eigenvalue weighted by molar-refractivity contribution is -0.121. The fraction of sp³-hybridized carbons (Fsp3) is 0.364. The molecule has 0 aliphatic carbocycles. The number of aryl methyl sites for hydroxylation is 3. The van der Waals surface area contributed by atoms with Crippen molar-refractivity contribution in [1.29, 1.82) is 0 Å². The number of nitrogens with one attached hydrogen (secondary N) is 1. The second-order valence-electron chi connectivity index (χ2n) is 7.40. The van der Waals surface area contributed by atoms with Crippen LogP contribution in [-0.4, -0.2) is 45.6 Å². The van der Waals surface area contributed by atoms with Crippen molar-refractivity contribution in [2.45, 2.75) is 39.3 Å². The maximum Gasteiger partial charge on any atom is 0.233 e. The lowest BCUT2D eigenvalue weighted by Gasteiger charge is -2.13. The molecule has 4 rings (SSSR count). The number of nitrogens with zero attached hydrogens (tertiary/aromatic N) is 4. The third-order valence-corrected chi connectivity index (χ3v) is 5.13. The Morgan fingerprint density at radius 2 is 2.13 bits per heavy atom. The third kappa shape index (κ3) is 4.27. The van der Waals surface area contributed by atoms with Gasteiger partial charge in [-0.1, -0.05) is 12.1 Å². The van der Waals surface area contributed by atoms with E-state index in [4.69, 9.17) is 9.47 Å². The summed E-state index contributed by atoms with van der Waals surface area (Å²) in [5.41, 5.74) is 4.74. The van der Waals surface area contributed by atoms with Crippen molar-refractivity contribution < 1.29 is 14.3 Å². The molecule has 30 heavy (non-hydrogen) atoms. The quantitative estimate of drug-likeness (QED) is 0.647. The van der Waals surface area contributed by atoms with E-state index in [0.717, 1.165) is 40.4 Å². The smallest absolute Gasteiger partial charge is 0.233 e. The summed E-state index contributed by atoms with van der Waals surface area (Å²) in [6.45, 7) is 4.96. The van der Waals surface area contributed by atoms with Gasteiger partial charge in [-0.05, 0) is 37.6 Å². The van der Waals surface area contributed by atoms with Crippen molar-refractivity contribution >= 4 is 5.91 Å². The Hall–Kier alpha value is -3.42. The van der Waals surface area contributed by atoms with Gasteiger partial charge in [0, 0.05) is 36.7 Å². The third-order valence-electron chi connectivity index (χ3n) is 5.13. The average Bonchev–Trinajstić information content (AvgIpc) is 3.32. The minimum atomic E-state index is -0.106. The standard InChI is InChI=1S/C22H25N5O3/c1-14-11-15(2)27(26-14)10-9-20(28)23-13-17-12-16-5-4-6-18(22(16)30-17)19-7-8-21(29-3)25-24-19/h4-8,11,17H,9-10,12-13H2,1-3H3,(H,23,28)/t17-/m1/s1. The van der Waals surface area contributed by atoms with E-state index < -0.39 is 0 Å². The highest BCUT2D eigenvalue weighted by Crippen LogP contribution is 2.37. The highest BCUT2D eigenvalue weighted by atomic mass is 16.5. The highest BCUT2D eigenvalue weighted by Gasteiger charge is 2.26. The van der Waals surface area contributed by atoms with Gasteiger partial charge in [0.15, 0.2) is 0 Å². The molecule has 8 heteroatoms. The summed E-state index contributed by atoms with van der Waals surface area (Å²) in [4.78, 5) is 12.3. The van der Waals surface area contributed by atoms with Crippen LogP contribution in [0.5, 0.6) is 11.6 Å². The zero-order chi connectivity index (χ0) is 21.1. The Morgan fingerprint density at radius 1 is 1.27 bits per heavy atom. The maximum absolute atomic E-state index is 12.3. The highest BCUT2D eigenvalue weighted by molar-refractivity contribution is 5.76. The molecule has 1 aliphatic heterocycles. The van der Waals surface area contributed by atoms with Crippen LogP contribution in [0.4, 0.5) is 0 Å². The first-order valence-electron chi connectivity index (χ1n) is 9.98. The topological polar surface area (TPSA) is 91.2 Å². The zero-order valence-electron chi connectivity index (χ0n) is 17.4. The Morgan fingerprint density at radius 3 is 2.83 bits per heavy atom. The fourth-order valence-electron chi connectivity index (χ4n) is 3.65. The van der Waals surface area contributed by atoms with Gasteiger partial charge >= 0.3 is 0 Å². The lowest BCUT2D eigenvalue weighted by Crippen LogP contribution is -2.34. The number of methoxy groups -OCH3 is 1. The van der Waals surface area contributed by atoms with Crippen LogP contribution in [0.1, 0.15) is 23.4 Å². The predicted molar refractivity (Wildman–Crippen MR) is 111 cm³/mol. The number of ether oxygens (including phenoxy) is 2. The fourth-order valence-corrected chi connectivity index (χ4v) is 3.65. The Kier molecular flexibility index (Phi) is 5.65. The van der Waals surface area contributed by atoms with E-state index in [1.54, 1.807) is 13.2 Å². The van der Waals surface area contributed by atoms with Crippen molar-refractivity contribution in [2.24, 2.45) is 0 Å². The van der Waals surface area contributed by atoms with E-state index in [1.807, 2.05) is 48.9 Å². The van der Waals surface area contributed by atoms with Crippen molar-refractivity contribution in [2.75, 3.05) is 13.7 Å². The van der Waals surface area contributed by atoms with E-state index in [2.05, 4.69) is 20.6 Å². The number of hydrogen-bond acceptors (Lipinski definition) is 6. The summed E-state index contributed by atoms with van der Waals surface area (Å²) < 4.78 is 13.1. The number of benzene rings is 1. The SMILES string of the molecule is COc1ccc(-c2cccc3c2O[C@@H](CNC(=O)CCn2nc(C)cc2C)C3)nn1. The van der Waals surface area contributed by atoms with E-state index in [9.17, 15) is 4.79 Å². The van der Waals surface area contributed by atoms with Crippen LogP contribution in [0.15, 0.2) is 36.4 Å². The molecular formula is C22H25N5O3. The number of carbonyl (C=O) groups excluding carboxylic acids is 1. The first-order valence-corrected chi connectivity index (χ1v) is 9.98. The summed E-state index contributed by atoms with van der Waals surface area (Å²) in [7, 11) is 1.56. The minimum absolute atomic E-state index is 0.0108. The number of aromatic nitrogens is 4. The summed E-state index contributed by atoms with van der Waals surface area (Å²) in [5, 5.41) is 15.6. The van der Waals surface area contributed by atoms with Gasteiger partial charge in [0.1, 0.15) is 11.9 Å². The molecule has 1 atom stereocenters. The molecular weight excluding hydrogens is 382 g/mol. The van der Waals surface area contributed by atoms with Gasteiger partial charge in [-0.2, -0.15) is 5.10 Å². The average molecular weight is 407 g/mol. The van der Waals surface area contributed by atoms with Crippen LogP contribution in [0, 0.1) is 13.8 Å². The molecule has 0 spiro atoms. The number of hydrogen-bond donors (Lipinski definition) is 1. The van der Waals surface area contributed by atoms with Crippen molar-refractivity contribution in [3.05, 3.63) is 53.3 Å². The monoisotopic (exact) mass is 407 g/mol. The van der Waals surface area contributed by atoms with Crippen molar-refractivity contribution in [3.63, 3.8) is 0 Å². The van der Waals surface area contributed by atoms with Crippen LogP contribution in [-0.2, 0) is 17.8 Å². The molecule has 1 aromatic carbocycles. The summed E-state index contributed by atoms with van der Waals surface area (Å²) in [5.74, 6) is 1.26. The van der Waals surface area contributed by atoms with E-state index in [-0.39, 0.29) is 12.0 Å². The maximum atomic E-state index is 12.3. The minimum Gasteiger partial charge on any atom is -0.487 e. The summed E-state index contributed by atoms with van der Waals surface area (Å²) in [6, 6.07) is 11.6. The molecule has 1 aliphatic rings. The molecule has 2 aromatic heterocycles. The number of para-hydroxylation sites is 1. The number of carbonyl (C=O) groups is 1. The van der Waals surface area contributed by atoms with Crippen molar-refractivity contribution in [3.8, 4) is 22.9 Å². The van der Waals surface area contributed by atoms with Gasteiger partial charge in [0.2, 0.25) is 11.8 Å². The molecule has 0 fully saturated rings. The van der Waals surface area contributed by atoms with Gasteiger partial charge in [-0.25, -0.2) is 0 Å². The second kappa shape index (κ2) is 8.52. The van der Waals surface area contributed by atoms with Gasteiger partial charge in [-0.3, -0.25) is 9.48 Å². The van der Waals surface area contributed by atoms with Crippen LogP contribution in [0.2, 0.25) is 0 Å². The van der Waals surface area contributed by atoms with E-state index >= 15 is 0 Å². The zero-order valence-corrected chi connectivity index (χ0v) is 17.4. The van der Waals surface area contributed by atoms with Gasteiger partial charge in [-0.15, -0.1) is 10.2 Å². The Bertz CT molecular complexity index is 1050. The summed E-state index contributed by atoms with van der Waals surface area (Å²) in [6.07, 6.45) is 1.02. The molecule has 3 heterocycles. The van der Waals surface area contributed by atoms with Crippen LogP contribution >= 0.6 is 0 Å². The van der Waals surface area contributed by atoms with Crippen LogP contribution in [0.3, 0.4) is 0 Å². The molecule has 1 amide bonds. The molecule has 8 nitrogen and oxygen atoms in total. The van der Waals surface area contributed by atoms with Crippen LogP contribution in [0.25, 0.3) is 11.3 Å². The van der Waals surface area contributed by atoms with Crippen LogP contribution < -0.4 is 14.8 Å². The molecule has 0 saturated carbocycles. The molecule has 0 saturated heterocycles. The lowest BCUT2D eigenvalue weighted by atomic mass is 10.0. The number of fused-ring (bicyclic) bond motifs is 1.